The van der Waals surface area contributed by atoms with Gasteiger partial charge in [-0.3, -0.25) is 0 Å². The number of nitrogens with two attached hydrogens (primary N) is 1. The maximum absolute atomic E-state index is 6.18. The van der Waals surface area contributed by atoms with E-state index in [9.17, 15) is 0 Å². The van der Waals surface area contributed by atoms with Crippen LogP contribution in [0.4, 0.5) is 5.69 Å². The first-order chi connectivity index (χ1) is 10.2. The minimum atomic E-state index is 0.217. The van der Waals surface area contributed by atoms with Crippen LogP contribution >= 0.6 is 23.4 Å². The number of rotatable bonds is 4. The van der Waals surface area contributed by atoms with Crippen molar-refractivity contribution in [3.8, 4) is 17.2 Å². The second kappa shape index (κ2) is 5.95. The Bertz CT molecular complexity index is 678. The second-order valence-electron chi connectivity index (χ2n) is 4.50. The van der Waals surface area contributed by atoms with E-state index in [0.717, 1.165) is 27.6 Å². The van der Waals surface area contributed by atoms with Gasteiger partial charge in [0.25, 0.3) is 0 Å². The normalized spacial score (nSPS) is 12.5. The summed E-state index contributed by atoms with van der Waals surface area (Å²) >= 11 is 7.80. The quantitative estimate of drug-likeness (QED) is 0.682. The fraction of sp³-hybridized carbons (Fsp3) is 0.200. The average Bonchev–Trinajstić information content (AvgIpc) is 2.95. The molecule has 4 nitrogen and oxygen atoms in total. The molecular weight excluding hydrogens is 310 g/mol. The number of fused-ring (bicyclic) bond motifs is 1. The summed E-state index contributed by atoms with van der Waals surface area (Å²) in [6, 6.07) is 9.44. The lowest BCUT2D eigenvalue weighted by Gasteiger charge is -2.09. The zero-order chi connectivity index (χ0) is 14.8. The summed E-state index contributed by atoms with van der Waals surface area (Å²) in [5.74, 6) is 2.83. The lowest BCUT2D eigenvalue weighted by atomic mass is 10.2. The van der Waals surface area contributed by atoms with E-state index in [1.54, 1.807) is 18.9 Å². The summed E-state index contributed by atoms with van der Waals surface area (Å²) < 4.78 is 15.9. The standard InChI is InChI=1S/C15H14ClNO3S/c1-18-10-2-3-12(17)14(6-10)21-7-9-4-11(16)15-13(5-9)19-8-20-15/h2-6H,7-8,17H2,1H3. The lowest BCUT2D eigenvalue weighted by molar-refractivity contribution is 0.174. The van der Waals surface area contributed by atoms with Crippen LogP contribution in [0, 0.1) is 0 Å². The van der Waals surface area contributed by atoms with E-state index >= 15 is 0 Å². The van der Waals surface area contributed by atoms with Crippen molar-refractivity contribution in [1.29, 1.82) is 0 Å². The van der Waals surface area contributed by atoms with Crippen molar-refractivity contribution >= 4 is 29.1 Å². The third-order valence-electron chi connectivity index (χ3n) is 3.10. The molecular formula is C15H14ClNO3S. The zero-order valence-corrected chi connectivity index (χ0v) is 13.0. The first-order valence-corrected chi connectivity index (χ1v) is 7.68. The number of thioether (sulfide) groups is 1. The van der Waals surface area contributed by atoms with Gasteiger partial charge in [0.05, 0.1) is 12.1 Å². The van der Waals surface area contributed by atoms with Crippen LogP contribution in [0.15, 0.2) is 35.2 Å². The van der Waals surface area contributed by atoms with Gasteiger partial charge in [-0.25, -0.2) is 0 Å². The molecule has 0 spiro atoms. The van der Waals surface area contributed by atoms with Gasteiger partial charge < -0.3 is 19.9 Å². The molecule has 0 bridgehead atoms. The molecule has 0 amide bonds. The van der Waals surface area contributed by atoms with Gasteiger partial charge in [-0.05, 0) is 35.9 Å². The molecule has 1 aliphatic heterocycles. The molecule has 2 N–H and O–H groups in total. The molecule has 0 saturated heterocycles. The Hall–Kier alpha value is -1.72. The first-order valence-electron chi connectivity index (χ1n) is 6.31. The Morgan fingerprint density at radius 3 is 2.95 bits per heavy atom. The summed E-state index contributed by atoms with van der Waals surface area (Å²) in [6.07, 6.45) is 0. The highest BCUT2D eigenvalue weighted by atomic mass is 35.5. The van der Waals surface area contributed by atoms with Gasteiger partial charge in [0.1, 0.15) is 5.75 Å². The van der Waals surface area contributed by atoms with Crippen LogP contribution in [-0.4, -0.2) is 13.9 Å². The molecule has 0 aromatic heterocycles. The molecule has 2 aromatic rings. The fourth-order valence-electron chi connectivity index (χ4n) is 2.03. The third kappa shape index (κ3) is 2.99. The van der Waals surface area contributed by atoms with Crippen molar-refractivity contribution in [1.82, 2.24) is 0 Å². The SMILES string of the molecule is COc1ccc(N)c(SCc2cc(Cl)c3c(c2)OCO3)c1. The van der Waals surface area contributed by atoms with E-state index in [2.05, 4.69) is 0 Å². The molecule has 0 aliphatic carbocycles. The number of nitrogen functional groups attached to an aromatic ring is 1. The molecule has 110 valence electrons. The summed E-state index contributed by atoms with van der Waals surface area (Å²) in [5.41, 5.74) is 7.76. The van der Waals surface area contributed by atoms with E-state index in [0.29, 0.717) is 16.5 Å². The van der Waals surface area contributed by atoms with Crippen LogP contribution in [-0.2, 0) is 5.75 Å². The Morgan fingerprint density at radius 2 is 2.14 bits per heavy atom. The molecule has 0 saturated carbocycles. The molecule has 2 aromatic carbocycles. The Kier molecular flexibility index (Phi) is 4.03. The topological polar surface area (TPSA) is 53.7 Å². The number of benzene rings is 2. The fourth-order valence-corrected chi connectivity index (χ4v) is 3.24. The lowest BCUT2D eigenvalue weighted by Crippen LogP contribution is -1.93. The predicted octanol–water partition coefficient (Wildman–Crippen LogP) is 3.95. The van der Waals surface area contributed by atoms with Crippen molar-refractivity contribution in [2.75, 3.05) is 19.6 Å². The summed E-state index contributed by atoms with van der Waals surface area (Å²) in [5, 5.41) is 0.569. The Balaban J connectivity index is 1.78. The van der Waals surface area contributed by atoms with E-state index in [1.807, 2.05) is 30.3 Å². The predicted molar refractivity (Wildman–Crippen MR) is 84.5 cm³/mol. The van der Waals surface area contributed by atoms with E-state index in [4.69, 9.17) is 31.5 Å². The average molecular weight is 324 g/mol. The van der Waals surface area contributed by atoms with Gasteiger partial charge in [-0.1, -0.05) is 11.6 Å². The van der Waals surface area contributed by atoms with Crippen molar-refractivity contribution in [2.24, 2.45) is 0 Å². The molecule has 0 fully saturated rings. The molecule has 0 atom stereocenters. The molecule has 1 aliphatic rings. The van der Waals surface area contributed by atoms with E-state index in [1.165, 1.54) is 0 Å². The number of halogens is 1. The molecule has 1 heterocycles. The summed E-state index contributed by atoms with van der Waals surface area (Å²) in [6.45, 7) is 0.217. The molecule has 21 heavy (non-hydrogen) atoms. The minimum Gasteiger partial charge on any atom is -0.497 e. The number of hydrogen-bond donors (Lipinski definition) is 1. The number of hydrogen-bond acceptors (Lipinski definition) is 5. The van der Waals surface area contributed by atoms with Gasteiger partial charge in [-0.15, -0.1) is 11.8 Å². The smallest absolute Gasteiger partial charge is 0.231 e. The van der Waals surface area contributed by atoms with Crippen LogP contribution in [0.1, 0.15) is 5.56 Å². The zero-order valence-electron chi connectivity index (χ0n) is 11.4. The minimum absolute atomic E-state index is 0.217. The first kappa shape index (κ1) is 14.2. The van der Waals surface area contributed by atoms with Crippen molar-refractivity contribution in [3.63, 3.8) is 0 Å². The summed E-state index contributed by atoms with van der Waals surface area (Å²) in [4.78, 5) is 0.975. The second-order valence-corrected chi connectivity index (χ2v) is 5.93. The Labute approximate surface area is 132 Å². The van der Waals surface area contributed by atoms with Crippen LogP contribution in [0.3, 0.4) is 0 Å². The highest BCUT2D eigenvalue weighted by molar-refractivity contribution is 7.98. The third-order valence-corrected chi connectivity index (χ3v) is 4.53. The molecule has 6 heteroatoms. The van der Waals surface area contributed by atoms with E-state index in [-0.39, 0.29) is 6.79 Å². The Morgan fingerprint density at radius 1 is 1.29 bits per heavy atom. The van der Waals surface area contributed by atoms with Gasteiger partial charge in [0.2, 0.25) is 6.79 Å². The van der Waals surface area contributed by atoms with Crippen LogP contribution in [0.2, 0.25) is 5.02 Å². The van der Waals surface area contributed by atoms with Crippen molar-refractivity contribution < 1.29 is 14.2 Å². The summed E-state index contributed by atoms with van der Waals surface area (Å²) in [7, 11) is 1.64. The van der Waals surface area contributed by atoms with Crippen molar-refractivity contribution in [3.05, 3.63) is 40.9 Å². The highest BCUT2D eigenvalue weighted by Crippen LogP contribution is 2.41. The van der Waals surface area contributed by atoms with E-state index < -0.39 is 0 Å². The van der Waals surface area contributed by atoms with Gasteiger partial charge >= 0.3 is 0 Å². The molecule has 3 rings (SSSR count). The van der Waals surface area contributed by atoms with Crippen LogP contribution in [0.5, 0.6) is 17.2 Å². The number of ether oxygens (including phenoxy) is 3. The van der Waals surface area contributed by atoms with Crippen LogP contribution < -0.4 is 19.9 Å². The molecule has 0 radical (unpaired) electrons. The maximum Gasteiger partial charge on any atom is 0.231 e. The maximum atomic E-state index is 6.18. The van der Waals surface area contributed by atoms with Crippen LogP contribution in [0.25, 0.3) is 0 Å². The van der Waals surface area contributed by atoms with Crippen molar-refractivity contribution in [2.45, 2.75) is 10.6 Å². The highest BCUT2D eigenvalue weighted by Gasteiger charge is 2.18. The number of methoxy groups -OCH3 is 1. The van der Waals surface area contributed by atoms with Gasteiger partial charge in [0.15, 0.2) is 11.5 Å². The largest absolute Gasteiger partial charge is 0.497 e. The van der Waals surface area contributed by atoms with Gasteiger partial charge in [0, 0.05) is 16.3 Å². The monoisotopic (exact) mass is 323 g/mol. The number of anilines is 1. The van der Waals surface area contributed by atoms with Gasteiger partial charge in [-0.2, -0.15) is 0 Å². The molecule has 0 unspecified atom stereocenters.